The van der Waals surface area contributed by atoms with Crippen LogP contribution in [0, 0.1) is 13.5 Å². The van der Waals surface area contributed by atoms with E-state index in [9.17, 15) is 9.59 Å². The summed E-state index contributed by atoms with van der Waals surface area (Å²) < 4.78 is 0. The second-order valence-corrected chi connectivity index (χ2v) is 7.83. The number of thiocarbonyl (C=S) groups is 1. The maximum absolute atomic E-state index is 13.4. The lowest BCUT2D eigenvalue weighted by molar-refractivity contribution is -0.136. The Morgan fingerprint density at radius 2 is 1.86 bits per heavy atom. The minimum atomic E-state index is -0.885. The van der Waals surface area contributed by atoms with E-state index in [-0.39, 0.29) is 12.3 Å². The van der Waals surface area contributed by atoms with Gasteiger partial charge in [0.15, 0.2) is 10.8 Å². The van der Waals surface area contributed by atoms with Gasteiger partial charge in [-0.1, -0.05) is 18.2 Å². The lowest BCUT2D eigenvalue weighted by Gasteiger charge is -2.43. The Kier molecular flexibility index (Phi) is 4.59. The number of benzene rings is 2. The summed E-state index contributed by atoms with van der Waals surface area (Å²) in [6.45, 7) is 9.07. The number of carbonyl (C=O) groups excluding carboxylic acids is 1. The fraction of sp³-hybridized carbons (Fsp3) is 0.273. The molecule has 7 heteroatoms. The second kappa shape index (κ2) is 6.98. The Balaban J connectivity index is 1.73. The molecule has 29 heavy (non-hydrogen) atoms. The van der Waals surface area contributed by atoms with Crippen LogP contribution < -0.4 is 9.80 Å². The molecule has 0 radical (unpaired) electrons. The highest BCUT2D eigenvalue weighted by Gasteiger charge is 2.59. The van der Waals surface area contributed by atoms with E-state index >= 15 is 0 Å². The van der Waals surface area contributed by atoms with Gasteiger partial charge in [-0.2, -0.15) is 0 Å². The number of anilines is 2. The molecule has 2 fully saturated rings. The number of aryl methyl sites for hydroxylation is 1. The minimum Gasteiger partial charge on any atom is -0.481 e. The van der Waals surface area contributed by atoms with Gasteiger partial charge in [0.1, 0.15) is 5.54 Å². The largest absolute Gasteiger partial charge is 0.481 e. The van der Waals surface area contributed by atoms with Gasteiger partial charge in [0, 0.05) is 11.4 Å². The van der Waals surface area contributed by atoms with Gasteiger partial charge >= 0.3 is 5.97 Å². The molecule has 2 aromatic carbocycles. The minimum absolute atomic E-state index is 0.0432. The lowest BCUT2D eigenvalue weighted by atomic mass is 9.75. The summed E-state index contributed by atoms with van der Waals surface area (Å²) in [5, 5.41) is 9.39. The van der Waals surface area contributed by atoms with Crippen molar-refractivity contribution >= 4 is 46.3 Å². The van der Waals surface area contributed by atoms with E-state index in [1.807, 2.05) is 30.0 Å². The van der Waals surface area contributed by atoms with Crippen molar-refractivity contribution in [2.24, 2.45) is 0 Å². The Morgan fingerprint density at radius 3 is 2.38 bits per heavy atom. The van der Waals surface area contributed by atoms with Gasteiger partial charge < -0.3 is 10.0 Å². The predicted molar refractivity (Wildman–Crippen MR) is 114 cm³/mol. The van der Waals surface area contributed by atoms with Gasteiger partial charge in [-0.25, -0.2) is 4.85 Å². The van der Waals surface area contributed by atoms with Crippen molar-refractivity contribution in [2.45, 2.75) is 38.1 Å². The number of nitrogens with zero attached hydrogens (tertiary/aromatic N) is 3. The average molecular weight is 405 g/mol. The smallest absolute Gasteiger partial charge is 0.307 e. The Morgan fingerprint density at radius 1 is 1.21 bits per heavy atom. The van der Waals surface area contributed by atoms with Crippen LogP contribution >= 0.6 is 12.2 Å². The zero-order valence-corrected chi connectivity index (χ0v) is 16.7. The molecule has 1 spiro atoms. The van der Waals surface area contributed by atoms with Gasteiger partial charge in [-0.3, -0.25) is 14.5 Å². The molecule has 1 saturated heterocycles. The summed E-state index contributed by atoms with van der Waals surface area (Å²) in [4.78, 5) is 31.3. The van der Waals surface area contributed by atoms with E-state index in [2.05, 4.69) is 4.85 Å². The van der Waals surface area contributed by atoms with Gasteiger partial charge in [-0.05, 0) is 73.8 Å². The molecular formula is C22H19N3O3S. The molecule has 1 amide bonds. The van der Waals surface area contributed by atoms with Crippen LogP contribution in [0.15, 0.2) is 42.5 Å². The van der Waals surface area contributed by atoms with Gasteiger partial charge in [0.05, 0.1) is 13.0 Å². The number of amides is 1. The van der Waals surface area contributed by atoms with Crippen molar-refractivity contribution in [3.63, 3.8) is 0 Å². The van der Waals surface area contributed by atoms with E-state index in [0.29, 0.717) is 22.1 Å². The highest BCUT2D eigenvalue weighted by Crippen LogP contribution is 2.48. The molecule has 1 heterocycles. The topological polar surface area (TPSA) is 65.2 Å². The molecule has 146 valence electrons. The third-order valence-corrected chi connectivity index (χ3v) is 6.07. The Labute approximate surface area is 174 Å². The Hall–Kier alpha value is -3.24. The summed E-state index contributed by atoms with van der Waals surface area (Å²) in [5.74, 6) is -0.928. The number of carboxylic acid groups (broad SMARTS) is 1. The molecule has 0 aromatic heterocycles. The number of carboxylic acids is 1. The fourth-order valence-corrected chi connectivity index (χ4v) is 4.52. The standard InChI is InChI=1S/C22H19N3O3S/c1-14-12-17(8-9-18(14)23-2)24-20(28)22(10-3-11-22)25(21(24)29)16-6-4-15(5-7-16)13-19(26)27/h4-9,12H,3,10-11,13H2,1H3,(H,26,27). The first-order valence-corrected chi connectivity index (χ1v) is 9.76. The SMILES string of the molecule is [C-]#[N+]c1ccc(N2C(=O)C3(CCC3)N(c3ccc(CC(=O)O)cc3)C2=S)cc1C. The van der Waals surface area contributed by atoms with Crippen LogP contribution in [0.1, 0.15) is 30.4 Å². The molecule has 4 rings (SSSR count). The zero-order valence-electron chi connectivity index (χ0n) is 15.9. The third-order valence-electron chi connectivity index (χ3n) is 5.70. The van der Waals surface area contributed by atoms with Crippen molar-refractivity contribution in [1.82, 2.24) is 0 Å². The summed E-state index contributed by atoms with van der Waals surface area (Å²) >= 11 is 5.74. The first-order valence-electron chi connectivity index (χ1n) is 9.35. The summed E-state index contributed by atoms with van der Waals surface area (Å²) in [6.07, 6.45) is 2.34. The van der Waals surface area contributed by atoms with Crippen LogP contribution in [-0.4, -0.2) is 27.6 Å². The van der Waals surface area contributed by atoms with Crippen LogP contribution in [0.25, 0.3) is 4.85 Å². The van der Waals surface area contributed by atoms with Crippen LogP contribution in [0.3, 0.4) is 0 Å². The second-order valence-electron chi connectivity index (χ2n) is 7.46. The molecule has 0 atom stereocenters. The summed E-state index contributed by atoms with van der Waals surface area (Å²) in [5.41, 5.74) is 2.82. The van der Waals surface area contributed by atoms with Crippen LogP contribution in [0.2, 0.25) is 0 Å². The molecule has 0 bridgehead atoms. The Bertz CT molecular complexity index is 1070. The van der Waals surface area contributed by atoms with Crippen molar-refractivity contribution < 1.29 is 14.7 Å². The summed E-state index contributed by atoms with van der Waals surface area (Å²) in [6, 6.07) is 12.5. The lowest BCUT2D eigenvalue weighted by Crippen LogP contribution is -2.55. The monoisotopic (exact) mass is 405 g/mol. The maximum atomic E-state index is 13.4. The highest BCUT2D eigenvalue weighted by atomic mass is 32.1. The number of aliphatic carboxylic acids is 1. The van der Waals surface area contributed by atoms with Gasteiger partial charge in [-0.15, -0.1) is 0 Å². The van der Waals surface area contributed by atoms with E-state index in [0.717, 1.165) is 30.5 Å². The van der Waals surface area contributed by atoms with E-state index in [1.54, 1.807) is 29.2 Å². The van der Waals surface area contributed by atoms with Crippen molar-refractivity contribution in [2.75, 3.05) is 9.80 Å². The first-order chi connectivity index (χ1) is 13.9. The average Bonchev–Trinajstić information content (AvgIpc) is 2.89. The molecule has 1 N–H and O–H groups in total. The van der Waals surface area contributed by atoms with E-state index in [4.69, 9.17) is 23.9 Å². The van der Waals surface area contributed by atoms with Crippen molar-refractivity contribution in [3.8, 4) is 0 Å². The molecule has 2 aliphatic rings. The van der Waals surface area contributed by atoms with Crippen LogP contribution in [-0.2, 0) is 16.0 Å². The van der Waals surface area contributed by atoms with Crippen LogP contribution in [0.5, 0.6) is 0 Å². The molecule has 2 aromatic rings. The molecular weight excluding hydrogens is 386 g/mol. The normalized spacial score (nSPS) is 17.4. The number of rotatable bonds is 4. The molecule has 0 unspecified atom stereocenters. The molecule has 1 aliphatic heterocycles. The quantitative estimate of drug-likeness (QED) is 0.609. The molecule has 1 aliphatic carbocycles. The van der Waals surface area contributed by atoms with Gasteiger partial charge in [0.25, 0.3) is 5.91 Å². The highest BCUT2D eigenvalue weighted by molar-refractivity contribution is 7.81. The van der Waals surface area contributed by atoms with Crippen molar-refractivity contribution in [3.05, 3.63) is 65.0 Å². The maximum Gasteiger partial charge on any atom is 0.307 e. The van der Waals surface area contributed by atoms with Crippen LogP contribution in [0.4, 0.5) is 17.1 Å². The van der Waals surface area contributed by atoms with E-state index < -0.39 is 11.5 Å². The first kappa shape index (κ1) is 19.1. The molecule has 6 nitrogen and oxygen atoms in total. The third kappa shape index (κ3) is 2.97. The number of hydrogen-bond donors (Lipinski definition) is 1. The van der Waals surface area contributed by atoms with Crippen molar-refractivity contribution in [1.29, 1.82) is 0 Å². The molecule has 1 saturated carbocycles. The van der Waals surface area contributed by atoms with E-state index in [1.165, 1.54) is 0 Å². The summed E-state index contributed by atoms with van der Waals surface area (Å²) in [7, 11) is 0. The van der Waals surface area contributed by atoms with Gasteiger partial charge in [0.2, 0.25) is 0 Å². The number of carbonyl (C=O) groups is 2. The fourth-order valence-electron chi connectivity index (χ4n) is 4.05. The zero-order chi connectivity index (χ0) is 20.8. The predicted octanol–water partition coefficient (Wildman–Crippen LogP) is 4.23. The number of hydrogen-bond acceptors (Lipinski definition) is 3.